The molecule has 0 radical (unpaired) electrons. The topological polar surface area (TPSA) is 63.1 Å². The molecule has 1 aliphatic rings. The number of nitrogens with one attached hydrogen (secondary N) is 2. The van der Waals surface area contributed by atoms with Crippen molar-refractivity contribution in [2.24, 2.45) is 0 Å². The second kappa shape index (κ2) is 7.46. The van der Waals surface area contributed by atoms with E-state index >= 15 is 0 Å². The van der Waals surface area contributed by atoms with Crippen LogP contribution in [-0.4, -0.2) is 51.8 Å². The van der Waals surface area contributed by atoms with Crippen LogP contribution in [0.25, 0.3) is 0 Å². The molecule has 0 saturated carbocycles. The molecular formula is C17H26N3O3+. The van der Waals surface area contributed by atoms with Gasteiger partial charge in [-0.2, -0.15) is 0 Å². The number of rotatable bonds is 5. The predicted octanol–water partition coefficient (Wildman–Crippen LogP) is 0.279. The molecule has 1 atom stereocenters. The van der Waals surface area contributed by atoms with Crippen LogP contribution >= 0.6 is 0 Å². The number of anilines is 1. The monoisotopic (exact) mass is 320 g/mol. The largest absolute Gasteiger partial charge is 0.444 e. The summed E-state index contributed by atoms with van der Waals surface area (Å²) in [4.78, 5) is 26.9. The summed E-state index contributed by atoms with van der Waals surface area (Å²) in [7, 11) is 4.00. The molecule has 23 heavy (non-hydrogen) atoms. The van der Waals surface area contributed by atoms with Gasteiger partial charge in [-0.05, 0) is 37.1 Å². The Morgan fingerprint density at radius 3 is 2.74 bits per heavy atom. The van der Waals surface area contributed by atoms with Gasteiger partial charge in [0.15, 0.2) is 0 Å². The minimum Gasteiger partial charge on any atom is -0.444 e. The molecule has 1 aromatic carbocycles. The van der Waals surface area contributed by atoms with E-state index in [0.717, 1.165) is 17.8 Å². The highest BCUT2D eigenvalue weighted by molar-refractivity contribution is 5.96. The van der Waals surface area contributed by atoms with E-state index in [-0.39, 0.29) is 11.9 Å². The van der Waals surface area contributed by atoms with E-state index in [1.54, 1.807) is 4.90 Å². The van der Waals surface area contributed by atoms with Crippen molar-refractivity contribution >= 4 is 17.7 Å². The number of carbonyl (C=O) groups excluding carboxylic acids is 2. The number of benzene rings is 1. The fourth-order valence-corrected chi connectivity index (χ4v) is 2.50. The predicted molar refractivity (Wildman–Crippen MR) is 88.8 cm³/mol. The number of ether oxygens (including phenoxy) is 1. The van der Waals surface area contributed by atoms with E-state index in [1.165, 1.54) is 10.5 Å². The van der Waals surface area contributed by atoms with Crippen LogP contribution in [0.1, 0.15) is 17.5 Å². The molecule has 0 unspecified atom stereocenters. The summed E-state index contributed by atoms with van der Waals surface area (Å²) in [5.41, 5.74) is 3.23. The molecule has 0 bridgehead atoms. The molecular weight excluding hydrogens is 294 g/mol. The van der Waals surface area contributed by atoms with Gasteiger partial charge in [0.2, 0.25) is 5.91 Å². The van der Waals surface area contributed by atoms with Crippen molar-refractivity contribution in [3.05, 3.63) is 29.3 Å². The average Bonchev–Trinajstić information content (AvgIpc) is 2.82. The Bertz CT molecular complexity index is 586. The summed E-state index contributed by atoms with van der Waals surface area (Å²) >= 11 is 0. The number of aryl methyl sites for hydroxylation is 2. The fraction of sp³-hybridized carbons (Fsp3) is 0.529. The van der Waals surface area contributed by atoms with Gasteiger partial charge in [0, 0.05) is 18.7 Å². The maximum Gasteiger partial charge on any atom is 0.407 e. The van der Waals surface area contributed by atoms with Crippen molar-refractivity contribution in [2.45, 2.75) is 26.3 Å². The van der Waals surface area contributed by atoms with E-state index < -0.39 is 6.09 Å². The van der Waals surface area contributed by atoms with Crippen molar-refractivity contribution in [2.75, 3.05) is 38.7 Å². The van der Waals surface area contributed by atoms with Gasteiger partial charge in [-0.1, -0.05) is 6.07 Å². The first-order valence-corrected chi connectivity index (χ1v) is 7.96. The lowest BCUT2D eigenvalue weighted by Gasteiger charge is -2.18. The van der Waals surface area contributed by atoms with Crippen molar-refractivity contribution in [3.8, 4) is 0 Å². The second-order valence-electron chi connectivity index (χ2n) is 6.41. The van der Waals surface area contributed by atoms with E-state index in [9.17, 15) is 9.59 Å². The number of likely N-dealkylation sites (N-methyl/N-ethyl adjacent to an activating group) is 1. The number of quaternary nitrogens is 1. The SMILES string of the molecule is Cc1ccc(N2C[C@H](NC(=O)OCC[NH+](C)C)CC2=O)cc1C. The fourth-order valence-electron chi connectivity index (χ4n) is 2.50. The standard InChI is InChI=1S/C17H25N3O3/c1-12-5-6-15(9-13(12)2)20-11-14(10-16(20)21)18-17(22)23-8-7-19(3)4/h5-6,9,14H,7-8,10-11H2,1-4H3,(H,18,22)/p+1/t14-/m1/s1. The van der Waals surface area contributed by atoms with Crippen molar-refractivity contribution in [1.29, 1.82) is 0 Å². The molecule has 2 N–H and O–H groups in total. The normalized spacial score (nSPS) is 17.7. The maximum absolute atomic E-state index is 12.2. The van der Waals surface area contributed by atoms with E-state index in [0.29, 0.717) is 19.6 Å². The van der Waals surface area contributed by atoms with Crippen LogP contribution in [0.4, 0.5) is 10.5 Å². The van der Waals surface area contributed by atoms with Crippen LogP contribution in [0.2, 0.25) is 0 Å². The molecule has 1 heterocycles. The van der Waals surface area contributed by atoms with Gasteiger partial charge < -0.3 is 19.9 Å². The quantitative estimate of drug-likeness (QED) is 0.819. The third-order valence-corrected chi connectivity index (χ3v) is 4.08. The number of nitrogens with zero attached hydrogens (tertiary/aromatic N) is 1. The lowest BCUT2D eigenvalue weighted by atomic mass is 10.1. The van der Waals surface area contributed by atoms with Crippen LogP contribution < -0.4 is 15.1 Å². The minimum absolute atomic E-state index is 0.0243. The average molecular weight is 320 g/mol. The second-order valence-corrected chi connectivity index (χ2v) is 6.41. The van der Waals surface area contributed by atoms with Crippen LogP contribution in [0.5, 0.6) is 0 Å². The van der Waals surface area contributed by atoms with Gasteiger partial charge >= 0.3 is 6.09 Å². The number of alkyl carbamates (subject to hydrolysis) is 1. The summed E-state index contributed by atoms with van der Waals surface area (Å²) in [6, 6.07) is 5.76. The Balaban J connectivity index is 1.89. The van der Waals surface area contributed by atoms with Gasteiger partial charge in [0.1, 0.15) is 13.2 Å². The highest BCUT2D eigenvalue weighted by atomic mass is 16.5. The first-order valence-electron chi connectivity index (χ1n) is 7.96. The van der Waals surface area contributed by atoms with Crippen LogP contribution in [0, 0.1) is 13.8 Å². The van der Waals surface area contributed by atoms with Gasteiger partial charge in [0.25, 0.3) is 0 Å². The molecule has 2 rings (SSSR count). The summed E-state index contributed by atoms with van der Waals surface area (Å²) in [6.45, 7) is 5.68. The summed E-state index contributed by atoms with van der Waals surface area (Å²) in [6.07, 6.45) is -0.146. The Hall–Kier alpha value is -2.08. The lowest BCUT2D eigenvalue weighted by Crippen LogP contribution is -3.06. The first-order chi connectivity index (χ1) is 10.9. The Labute approximate surface area is 137 Å². The lowest BCUT2D eigenvalue weighted by molar-refractivity contribution is -0.858. The third kappa shape index (κ3) is 4.69. The van der Waals surface area contributed by atoms with Crippen LogP contribution in [0.3, 0.4) is 0 Å². The molecule has 1 fully saturated rings. The zero-order valence-electron chi connectivity index (χ0n) is 14.3. The zero-order chi connectivity index (χ0) is 17.0. The maximum atomic E-state index is 12.2. The molecule has 126 valence electrons. The van der Waals surface area contributed by atoms with Gasteiger partial charge in [0.05, 0.1) is 20.1 Å². The van der Waals surface area contributed by atoms with Gasteiger partial charge in [-0.25, -0.2) is 4.79 Å². The highest BCUT2D eigenvalue weighted by Gasteiger charge is 2.32. The Morgan fingerprint density at radius 1 is 1.35 bits per heavy atom. The Morgan fingerprint density at radius 2 is 2.09 bits per heavy atom. The molecule has 1 saturated heterocycles. The molecule has 0 aliphatic carbocycles. The smallest absolute Gasteiger partial charge is 0.407 e. The third-order valence-electron chi connectivity index (χ3n) is 4.08. The summed E-state index contributed by atoms with van der Waals surface area (Å²) in [5.74, 6) is 0.0243. The van der Waals surface area contributed by atoms with E-state index in [4.69, 9.17) is 4.74 Å². The van der Waals surface area contributed by atoms with Crippen molar-refractivity contribution in [1.82, 2.24) is 5.32 Å². The summed E-state index contributed by atoms with van der Waals surface area (Å²) in [5, 5.41) is 2.78. The highest BCUT2D eigenvalue weighted by Crippen LogP contribution is 2.24. The number of amides is 2. The molecule has 0 aromatic heterocycles. The van der Waals surface area contributed by atoms with Gasteiger partial charge in [-0.15, -0.1) is 0 Å². The Kier molecular flexibility index (Phi) is 5.60. The number of carbonyl (C=O) groups is 2. The molecule has 6 heteroatoms. The van der Waals surface area contributed by atoms with Crippen molar-refractivity contribution in [3.63, 3.8) is 0 Å². The zero-order valence-corrected chi connectivity index (χ0v) is 14.3. The minimum atomic E-state index is -0.453. The molecule has 1 aromatic rings. The molecule has 1 aliphatic heterocycles. The van der Waals surface area contributed by atoms with Crippen LogP contribution in [0.15, 0.2) is 18.2 Å². The van der Waals surface area contributed by atoms with E-state index in [1.807, 2.05) is 46.1 Å². The molecule has 2 amide bonds. The summed E-state index contributed by atoms with van der Waals surface area (Å²) < 4.78 is 5.13. The van der Waals surface area contributed by atoms with Crippen LogP contribution in [-0.2, 0) is 9.53 Å². The molecule has 0 spiro atoms. The van der Waals surface area contributed by atoms with Gasteiger partial charge in [-0.3, -0.25) is 4.79 Å². The van der Waals surface area contributed by atoms with E-state index in [2.05, 4.69) is 5.32 Å². The van der Waals surface area contributed by atoms with Crippen molar-refractivity contribution < 1.29 is 19.2 Å². The molecule has 6 nitrogen and oxygen atoms in total. The first kappa shape index (κ1) is 17.3. The number of hydrogen-bond donors (Lipinski definition) is 2. The number of hydrogen-bond acceptors (Lipinski definition) is 3.